The minimum Gasteiger partial charge on any atom is -0.354 e. The van der Waals surface area contributed by atoms with E-state index in [2.05, 4.69) is 10.6 Å². The number of fused-ring (bicyclic) bond motifs is 1. The van der Waals surface area contributed by atoms with Crippen LogP contribution in [-0.4, -0.2) is 59.9 Å². The molecular weight excluding hydrogens is 250 g/mol. The van der Waals surface area contributed by atoms with Crippen molar-refractivity contribution >= 4 is 23.6 Å². The Morgan fingerprint density at radius 2 is 2.33 bits per heavy atom. The Balaban J connectivity index is 1.70. The monoisotopic (exact) mass is 269 g/mol. The summed E-state index contributed by atoms with van der Waals surface area (Å²) in [4.78, 5) is 26.1. The fourth-order valence-electron chi connectivity index (χ4n) is 3.15. The molecule has 18 heavy (non-hydrogen) atoms. The molecule has 0 aliphatic carbocycles. The molecule has 5 nitrogen and oxygen atoms in total. The lowest BCUT2D eigenvalue weighted by atomic mass is 9.91. The molecule has 3 saturated heterocycles. The molecule has 3 aliphatic rings. The van der Waals surface area contributed by atoms with Crippen LogP contribution in [0.1, 0.15) is 12.8 Å². The van der Waals surface area contributed by atoms with Crippen molar-refractivity contribution in [1.29, 1.82) is 0 Å². The minimum atomic E-state index is -0.0572. The van der Waals surface area contributed by atoms with Crippen molar-refractivity contribution in [2.24, 2.45) is 5.92 Å². The first-order valence-corrected chi connectivity index (χ1v) is 7.82. The van der Waals surface area contributed by atoms with Gasteiger partial charge in [-0.05, 0) is 12.8 Å². The van der Waals surface area contributed by atoms with E-state index in [9.17, 15) is 9.59 Å². The van der Waals surface area contributed by atoms with Gasteiger partial charge in [-0.25, -0.2) is 0 Å². The molecule has 3 rings (SSSR count). The third-order valence-electron chi connectivity index (χ3n) is 4.10. The second-order valence-corrected chi connectivity index (χ2v) is 6.32. The zero-order valence-corrected chi connectivity index (χ0v) is 11.2. The summed E-state index contributed by atoms with van der Waals surface area (Å²) in [6.07, 6.45) is 1.87. The maximum Gasteiger partial charge on any atom is 0.240 e. The van der Waals surface area contributed by atoms with E-state index in [1.165, 1.54) is 0 Å². The van der Waals surface area contributed by atoms with Crippen LogP contribution in [0.3, 0.4) is 0 Å². The van der Waals surface area contributed by atoms with Crippen LogP contribution >= 0.6 is 11.8 Å². The van der Waals surface area contributed by atoms with Gasteiger partial charge in [-0.1, -0.05) is 0 Å². The summed E-state index contributed by atoms with van der Waals surface area (Å²) in [5, 5.41) is 6.18. The summed E-state index contributed by atoms with van der Waals surface area (Å²) in [5.41, 5.74) is 0. The quantitative estimate of drug-likeness (QED) is 0.669. The molecule has 0 bridgehead atoms. The van der Waals surface area contributed by atoms with Gasteiger partial charge < -0.3 is 15.5 Å². The van der Waals surface area contributed by atoms with Gasteiger partial charge in [0, 0.05) is 31.1 Å². The zero-order valence-electron chi connectivity index (χ0n) is 10.4. The van der Waals surface area contributed by atoms with Crippen molar-refractivity contribution in [2.75, 3.05) is 31.1 Å². The first kappa shape index (κ1) is 12.3. The van der Waals surface area contributed by atoms with Crippen LogP contribution in [0.4, 0.5) is 0 Å². The molecule has 0 aromatic heterocycles. The van der Waals surface area contributed by atoms with Crippen LogP contribution in [0.5, 0.6) is 0 Å². The van der Waals surface area contributed by atoms with Gasteiger partial charge in [-0.2, -0.15) is 11.8 Å². The highest BCUT2D eigenvalue weighted by atomic mass is 32.2. The number of thioether (sulfide) groups is 1. The number of hydrogen-bond acceptors (Lipinski definition) is 4. The third kappa shape index (κ3) is 2.12. The van der Waals surface area contributed by atoms with Crippen LogP contribution in [0, 0.1) is 5.92 Å². The highest BCUT2D eigenvalue weighted by molar-refractivity contribution is 7.99. The number of carbonyl (C=O) groups excluding carboxylic acids is 2. The maximum absolute atomic E-state index is 12.5. The molecule has 0 aromatic carbocycles. The summed E-state index contributed by atoms with van der Waals surface area (Å²) in [6.45, 7) is 2.34. The Labute approximate surface area is 111 Å². The molecule has 0 aromatic rings. The molecule has 3 unspecified atom stereocenters. The van der Waals surface area contributed by atoms with Crippen molar-refractivity contribution in [2.45, 2.75) is 24.9 Å². The van der Waals surface area contributed by atoms with E-state index in [-0.39, 0.29) is 29.8 Å². The summed E-state index contributed by atoms with van der Waals surface area (Å²) in [6, 6.07) is 0.0330. The van der Waals surface area contributed by atoms with Gasteiger partial charge in [0.05, 0.1) is 18.0 Å². The van der Waals surface area contributed by atoms with E-state index in [0.29, 0.717) is 6.54 Å². The second-order valence-electron chi connectivity index (χ2n) is 5.17. The first-order chi connectivity index (χ1) is 8.77. The van der Waals surface area contributed by atoms with Crippen molar-refractivity contribution < 1.29 is 9.59 Å². The smallest absolute Gasteiger partial charge is 0.240 e. The highest BCUT2D eigenvalue weighted by Gasteiger charge is 2.43. The molecule has 0 spiro atoms. The summed E-state index contributed by atoms with van der Waals surface area (Å²) >= 11 is 1.83. The largest absolute Gasteiger partial charge is 0.354 e. The SMILES string of the molecule is O=C1NCC2C1CCCN2C(=O)C1CSCCN1. The molecule has 6 heteroatoms. The van der Waals surface area contributed by atoms with Crippen LogP contribution in [-0.2, 0) is 9.59 Å². The minimum absolute atomic E-state index is 0.0268. The molecule has 2 amide bonds. The van der Waals surface area contributed by atoms with E-state index in [1.54, 1.807) is 0 Å². The zero-order chi connectivity index (χ0) is 12.5. The Morgan fingerprint density at radius 1 is 1.44 bits per heavy atom. The van der Waals surface area contributed by atoms with E-state index in [0.717, 1.165) is 37.4 Å². The van der Waals surface area contributed by atoms with Crippen molar-refractivity contribution in [3.8, 4) is 0 Å². The Morgan fingerprint density at radius 3 is 3.11 bits per heavy atom. The lowest BCUT2D eigenvalue weighted by Crippen LogP contribution is -2.57. The Kier molecular flexibility index (Phi) is 3.48. The number of carbonyl (C=O) groups is 2. The molecule has 3 atom stereocenters. The fraction of sp³-hybridized carbons (Fsp3) is 0.833. The van der Waals surface area contributed by atoms with Crippen molar-refractivity contribution in [1.82, 2.24) is 15.5 Å². The number of hydrogen-bond donors (Lipinski definition) is 2. The molecule has 100 valence electrons. The van der Waals surface area contributed by atoms with Crippen LogP contribution in [0.25, 0.3) is 0 Å². The Bertz CT molecular complexity index is 357. The van der Waals surface area contributed by atoms with E-state index < -0.39 is 0 Å². The standard InChI is InChI=1S/C12H19N3O2S/c16-11-8-2-1-4-15(10(8)6-14-11)12(17)9-7-18-5-3-13-9/h8-10,13H,1-7H2,(H,14,16). The average Bonchev–Trinajstić information content (AvgIpc) is 2.81. The van der Waals surface area contributed by atoms with Gasteiger partial charge in [0.1, 0.15) is 0 Å². The van der Waals surface area contributed by atoms with Gasteiger partial charge in [-0.15, -0.1) is 0 Å². The maximum atomic E-state index is 12.5. The van der Waals surface area contributed by atoms with E-state index >= 15 is 0 Å². The van der Waals surface area contributed by atoms with Crippen molar-refractivity contribution in [3.05, 3.63) is 0 Å². The molecular formula is C12H19N3O2S. The molecule has 0 radical (unpaired) electrons. The summed E-state index contributed by atoms with van der Waals surface area (Å²) < 4.78 is 0. The normalized spacial score (nSPS) is 36.1. The highest BCUT2D eigenvalue weighted by Crippen LogP contribution is 2.28. The predicted octanol–water partition coefficient (Wildman–Crippen LogP) is -0.572. The topological polar surface area (TPSA) is 61.4 Å². The molecule has 0 saturated carbocycles. The van der Waals surface area contributed by atoms with Crippen molar-refractivity contribution in [3.63, 3.8) is 0 Å². The number of nitrogens with one attached hydrogen (secondary N) is 2. The number of rotatable bonds is 1. The van der Waals surface area contributed by atoms with Gasteiger partial charge >= 0.3 is 0 Å². The van der Waals surface area contributed by atoms with Gasteiger partial charge in [0.25, 0.3) is 0 Å². The summed E-state index contributed by atoms with van der Waals surface area (Å²) in [5.74, 6) is 2.28. The molecule has 3 heterocycles. The number of amides is 2. The van der Waals surface area contributed by atoms with Gasteiger partial charge in [0.2, 0.25) is 11.8 Å². The molecule has 3 fully saturated rings. The average molecular weight is 269 g/mol. The van der Waals surface area contributed by atoms with Gasteiger partial charge in [0.15, 0.2) is 0 Å². The van der Waals surface area contributed by atoms with Crippen LogP contribution in [0.2, 0.25) is 0 Å². The second kappa shape index (κ2) is 5.09. The van der Waals surface area contributed by atoms with E-state index in [1.807, 2.05) is 16.7 Å². The first-order valence-electron chi connectivity index (χ1n) is 6.66. The number of piperidine rings is 1. The number of nitrogens with zero attached hydrogens (tertiary/aromatic N) is 1. The van der Waals surface area contributed by atoms with Crippen LogP contribution in [0.15, 0.2) is 0 Å². The summed E-state index contributed by atoms with van der Waals surface area (Å²) in [7, 11) is 0. The lowest BCUT2D eigenvalue weighted by Gasteiger charge is -2.38. The lowest BCUT2D eigenvalue weighted by molar-refractivity contribution is -0.138. The van der Waals surface area contributed by atoms with Crippen LogP contribution < -0.4 is 10.6 Å². The molecule has 3 aliphatic heterocycles. The fourth-order valence-corrected chi connectivity index (χ4v) is 4.07. The van der Waals surface area contributed by atoms with Gasteiger partial charge in [-0.3, -0.25) is 9.59 Å². The number of likely N-dealkylation sites (tertiary alicyclic amines) is 1. The van der Waals surface area contributed by atoms with E-state index in [4.69, 9.17) is 0 Å². The Hall–Kier alpha value is -0.750. The predicted molar refractivity (Wildman–Crippen MR) is 70.4 cm³/mol. The third-order valence-corrected chi connectivity index (χ3v) is 5.17. The molecule has 2 N–H and O–H groups in total.